The van der Waals surface area contributed by atoms with Gasteiger partial charge in [-0.1, -0.05) is 34.6 Å². The van der Waals surface area contributed by atoms with Gasteiger partial charge in [0.2, 0.25) is 5.91 Å². The van der Waals surface area contributed by atoms with Crippen molar-refractivity contribution in [2.24, 2.45) is 23.0 Å². The van der Waals surface area contributed by atoms with Crippen molar-refractivity contribution in [3.8, 4) is 0 Å². The minimum atomic E-state index is -0.992. The van der Waals surface area contributed by atoms with E-state index in [2.05, 4.69) is 5.32 Å². The Balaban J connectivity index is 4.64. The van der Waals surface area contributed by atoms with Crippen molar-refractivity contribution in [1.29, 1.82) is 0 Å². The maximum absolute atomic E-state index is 12.1. The molecule has 0 bridgehead atoms. The average molecular weight is 272 g/mol. The second kappa shape index (κ2) is 7.48. The van der Waals surface area contributed by atoms with E-state index >= 15 is 0 Å². The molecule has 4 N–H and O–H groups in total. The molecule has 112 valence electrons. The number of nitrogens with one attached hydrogen (secondary N) is 1. The van der Waals surface area contributed by atoms with Crippen LogP contribution in [0.5, 0.6) is 0 Å². The maximum Gasteiger partial charge on any atom is 0.326 e. The lowest BCUT2D eigenvalue weighted by Crippen LogP contribution is -2.46. The minimum Gasteiger partial charge on any atom is -0.480 e. The number of carbonyl (C=O) groups excluding carboxylic acids is 1. The second-order valence-electron chi connectivity index (χ2n) is 6.73. The van der Waals surface area contributed by atoms with Gasteiger partial charge >= 0.3 is 5.97 Å². The molecule has 0 fully saturated rings. The molecule has 0 aliphatic rings. The summed E-state index contributed by atoms with van der Waals surface area (Å²) in [7, 11) is 0. The van der Waals surface area contributed by atoms with Gasteiger partial charge in [-0.3, -0.25) is 4.79 Å². The second-order valence-corrected chi connectivity index (χ2v) is 6.73. The highest BCUT2D eigenvalue weighted by molar-refractivity contribution is 5.85. The third-order valence-corrected chi connectivity index (χ3v) is 2.84. The summed E-state index contributed by atoms with van der Waals surface area (Å²) in [5, 5.41) is 11.7. The first-order valence-electron chi connectivity index (χ1n) is 6.80. The molecule has 0 saturated carbocycles. The van der Waals surface area contributed by atoms with E-state index in [9.17, 15) is 9.59 Å². The van der Waals surface area contributed by atoms with E-state index in [1.54, 1.807) is 0 Å². The number of hydrogen-bond acceptors (Lipinski definition) is 3. The van der Waals surface area contributed by atoms with E-state index in [0.717, 1.165) is 0 Å². The van der Waals surface area contributed by atoms with Crippen molar-refractivity contribution in [3.05, 3.63) is 0 Å². The first-order valence-corrected chi connectivity index (χ1v) is 6.80. The molecular formula is C14H28N2O3. The van der Waals surface area contributed by atoms with Crippen molar-refractivity contribution in [1.82, 2.24) is 5.32 Å². The molecule has 0 aromatic heterocycles. The monoisotopic (exact) mass is 272 g/mol. The lowest BCUT2D eigenvalue weighted by atomic mass is 9.84. The fourth-order valence-corrected chi connectivity index (χ4v) is 2.00. The number of rotatable bonds is 7. The highest BCUT2D eigenvalue weighted by atomic mass is 16.4. The fraction of sp³-hybridized carbons (Fsp3) is 0.857. The maximum atomic E-state index is 12.1. The van der Waals surface area contributed by atoms with Crippen LogP contribution in [0.15, 0.2) is 0 Å². The molecule has 5 heteroatoms. The summed E-state index contributed by atoms with van der Waals surface area (Å²) >= 11 is 0. The van der Waals surface area contributed by atoms with Crippen molar-refractivity contribution in [3.63, 3.8) is 0 Å². The normalized spacial score (nSPS) is 15.1. The van der Waals surface area contributed by atoms with E-state index in [1.165, 1.54) is 0 Å². The lowest BCUT2D eigenvalue weighted by Gasteiger charge is -2.26. The highest BCUT2D eigenvalue weighted by Crippen LogP contribution is 2.24. The molecule has 0 rings (SSSR count). The molecule has 19 heavy (non-hydrogen) atoms. The van der Waals surface area contributed by atoms with Gasteiger partial charge < -0.3 is 16.2 Å². The Hall–Kier alpha value is -1.10. The zero-order chi connectivity index (χ0) is 15.2. The Kier molecular flexibility index (Phi) is 7.05. The topological polar surface area (TPSA) is 92.4 Å². The van der Waals surface area contributed by atoms with Gasteiger partial charge in [0.1, 0.15) is 6.04 Å². The van der Waals surface area contributed by atoms with Gasteiger partial charge in [-0.2, -0.15) is 0 Å². The third kappa shape index (κ3) is 7.82. The van der Waals surface area contributed by atoms with Crippen LogP contribution in [0.2, 0.25) is 0 Å². The van der Waals surface area contributed by atoms with Crippen molar-refractivity contribution < 1.29 is 14.7 Å². The smallest absolute Gasteiger partial charge is 0.326 e. The average Bonchev–Trinajstić information content (AvgIpc) is 2.22. The number of aliphatic carboxylic acids is 1. The Bertz CT molecular complexity index is 308. The number of hydrogen-bond donors (Lipinski definition) is 3. The zero-order valence-electron chi connectivity index (χ0n) is 12.7. The quantitative estimate of drug-likeness (QED) is 0.656. The number of amides is 1. The standard InChI is InChI=1S/C14H28N2O3/c1-9(2)6-11(13(18)19)16-12(17)10(8-15)7-14(3,4)5/h9-11H,6-8,15H2,1-5H3,(H,16,17)(H,18,19)/t10?,11-/m0/s1. The van der Waals surface area contributed by atoms with Crippen molar-refractivity contribution >= 4 is 11.9 Å². The van der Waals surface area contributed by atoms with E-state index in [1.807, 2.05) is 34.6 Å². The third-order valence-electron chi connectivity index (χ3n) is 2.84. The fourth-order valence-electron chi connectivity index (χ4n) is 2.00. The minimum absolute atomic E-state index is 0.0157. The molecule has 2 atom stereocenters. The van der Waals surface area contributed by atoms with Crippen LogP contribution in [-0.4, -0.2) is 29.6 Å². The Morgan fingerprint density at radius 1 is 1.26 bits per heavy atom. The van der Waals surface area contributed by atoms with Crippen molar-refractivity contribution in [2.75, 3.05) is 6.54 Å². The molecule has 0 heterocycles. The summed E-state index contributed by atoms with van der Waals surface area (Å²) < 4.78 is 0. The molecule has 0 radical (unpaired) electrons. The van der Waals surface area contributed by atoms with Crippen LogP contribution in [-0.2, 0) is 9.59 Å². The molecule has 1 unspecified atom stereocenters. The summed E-state index contributed by atoms with van der Waals surface area (Å²) in [5.74, 6) is -1.38. The van der Waals surface area contributed by atoms with Gasteiger partial charge in [0.25, 0.3) is 0 Å². The summed E-state index contributed by atoms with van der Waals surface area (Å²) in [5.41, 5.74) is 5.61. The van der Waals surface area contributed by atoms with Crippen molar-refractivity contribution in [2.45, 2.75) is 53.5 Å². The highest BCUT2D eigenvalue weighted by Gasteiger charge is 2.28. The van der Waals surface area contributed by atoms with Gasteiger partial charge in [-0.05, 0) is 24.2 Å². The molecule has 0 spiro atoms. The summed E-state index contributed by atoms with van der Waals surface area (Å²) in [4.78, 5) is 23.2. The van der Waals surface area contributed by atoms with Crippen LogP contribution >= 0.6 is 0 Å². The van der Waals surface area contributed by atoms with Gasteiger partial charge in [0.05, 0.1) is 5.92 Å². The van der Waals surface area contributed by atoms with E-state index in [-0.39, 0.29) is 29.7 Å². The van der Waals surface area contributed by atoms with Gasteiger partial charge in [-0.25, -0.2) is 4.79 Å². The molecular weight excluding hydrogens is 244 g/mol. The van der Waals surface area contributed by atoms with E-state index in [0.29, 0.717) is 12.8 Å². The summed E-state index contributed by atoms with van der Waals surface area (Å²) in [6.07, 6.45) is 1.07. The summed E-state index contributed by atoms with van der Waals surface area (Å²) in [6, 6.07) is -0.832. The number of carboxylic acid groups (broad SMARTS) is 1. The predicted molar refractivity (Wildman–Crippen MR) is 75.6 cm³/mol. The molecule has 0 saturated heterocycles. The Morgan fingerprint density at radius 2 is 1.79 bits per heavy atom. The van der Waals surface area contributed by atoms with Crippen LogP contribution in [0.3, 0.4) is 0 Å². The number of carboxylic acids is 1. The molecule has 5 nitrogen and oxygen atoms in total. The van der Waals surface area contributed by atoms with Crippen LogP contribution < -0.4 is 11.1 Å². The summed E-state index contributed by atoms with van der Waals surface area (Å²) in [6.45, 7) is 10.2. The molecule has 0 aliphatic heterocycles. The van der Waals surface area contributed by atoms with Crippen LogP contribution in [0.25, 0.3) is 0 Å². The first-order chi connectivity index (χ1) is 8.56. The lowest BCUT2D eigenvalue weighted by molar-refractivity contribution is -0.143. The van der Waals surface area contributed by atoms with Gasteiger partial charge in [0.15, 0.2) is 0 Å². The molecule has 0 aromatic carbocycles. The SMILES string of the molecule is CC(C)C[C@H](NC(=O)C(CN)CC(C)(C)C)C(=O)O. The van der Waals surface area contributed by atoms with Crippen LogP contribution in [0.4, 0.5) is 0 Å². The molecule has 0 aromatic rings. The molecule has 0 aliphatic carbocycles. The van der Waals surface area contributed by atoms with Gasteiger partial charge in [-0.15, -0.1) is 0 Å². The van der Waals surface area contributed by atoms with Crippen LogP contribution in [0.1, 0.15) is 47.5 Å². The molecule has 1 amide bonds. The van der Waals surface area contributed by atoms with E-state index in [4.69, 9.17) is 10.8 Å². The number of carbonyl (C=O) groups is 2. The largest absolute Gasteiger partial charge is 0.480 e. The van der Waals surface area contributed by atoms with E-state index < -0.39 is 12.0 Å². The van der Waals surface area contributed by atoms with Gasteiger partial charge in [0, 0.05) is 6.54 Å². The Labute approximate surface area is 115 Å². The predicted octanol–water partition coefficient (Wildman–Crippen LogP) is 1.61. The zero-order valence-corrected chi connectivity index (χ0v) is 12.7. The number of nitrogens with two attached hydrogens (primary N) is 1. The Morgan fingerprint density at radius 3 is 2.11 bits per heavy atom. The van der Waals surface area contributed by atoms with Crippen LogP contribution in [0, 0.1) is 17.3 Å². The first kappa shape index (κ1) is 17.9.